The number of carbonyl (C=O) groups excluding carboxylic acids is 1. The summed E-state index contributed by atoms with van der Waals surface area (Å²) in [6.45, 7) is 5.07. The number of anilines is 1. The first kappa shape index (κ1) is 20.2. The van der Waals surface area contributed by atoms with Crippen LogP contribution in [-0.2, 0) is 10.3 Å². The fraction of sp³-hybridized carbons (Fsp3) is 0.409. The zero-order chi connectivity index (χ0) is 21.5. The number of hydrogen-bond acceptors (Lipinski definition) is 6. The fourth-order valence-corrected chi connectivity index (χ4v) is 4.88. The minimum atomic E-state index is -1.35. The summed E-state index contributed by atoms with van der Waals surface area (Å²) in [5, 5.41) is 15.2. The van der Waals surface area contributed by atoms with Crippen LogP contribution in [0.4, 0.5) is 5.69 Å². The van der Waals surface area contributed by atoms with Crippen LogP contribution in [0.25, 0.3) is 0 Å². The lowest BCUT2D eigenvalue weighted by Gasteiger charge is -2.30. The highest BCUT2D eigenvalue weighted by molar-refractivity contribution is 6.06. The van der Waals surface area contributed by atoms with Crippen LogP contribution in [0.3, 0.4) is 0 Å². The summed E-state index contributed by atoms with van der Waals surface area (Å²) in [5.74, 6) is 0.313. The van der Waals surface area contributed by atoms with Crippen molar-refractivity contribution in [1.29, 1.82) is 0 Å². The normalized spacial score (nSPS) is 25.2. The van der Waals surface area contributed by atoms with E-state index in [0.29, 0.717) is 42.5 Å². The Bertz CT molecular complexity index is 994. The van der Waals surface area contributed by atoms with Gasteiger partial charge >= 0.3 is 0 Å². The second-order valence-electron chi connectivity index (χ2n) is 7.56. The van der Waals surface area contributed by atoms with Crippen molar-refractivity contribution >= 4 is 11.6 Å². The molecule has 2 aliphatic heterocycles. The average molecular weight is 411 g/mol. The molecule has 1 N–H and O–H groups in total. The van der Waals surface area contributed by atoms with Crippen LogP contribution in [0.5, 0.6) is 11.5 Å². The summed E-state index contributed by atoms with van der Waals surface area (Å²) in [6.07, 6.45) is 0. The molecule has 4 rings (SSSR count). The number of para-hydroxylation sites is 1. The first-order valence-electron chi connectivity index (χ1n) is 10.1. The number of rotatable bonds is 6. The van der Waals surface area contributed by atoms with E-state index in [2.05, 4.69) is 5.32 Å². The van der Waals surface area contributed by atoms with Crippen molar-refractivity contribution in [2.75, 3.05) is 32.1 Å². The highest BCUT2D eigenvalue weighted by Crippen LogP contribution is 2.52. The molecule has 0 unspecified atom stereocenters. The van der Waals surface area contributed by atoms with Crippen LogP contribution in [0, 0.1) is 10.1 Å². The molecular formula is C22H25N3O5. The van der Waals surface area contributed by atoms with Crippen molar-refractivity contribution in [3.05, 3.63) is 63.7 Å². The molecular weight excluding hydrogens is 386 g/mol. The molecule has 2 aliphatic rings. The second-order valence-corrected chi connectivity index (χ2v) is 7.56. The monoisotopic (exact) mass is 411 g/mol. The molecule has 1 spiro atoms. The zero-order valence-corrected chi connectivity index (χ0v) is 17.3. The predicted octanol–water partition coefficient (Wildman–Crippen LogP) is 3.01. The first-order chi connectivity index (χ1) is 14.4. The highest BCUT2D eigenvalue weighted by atomic mass is 16.6. The molecule has 1 saturated heterocycles. The molecule has 1 amide bonds. The molecule has 1 fully saturated rings. The standard InChI is InChI=1S/C22H25N3O5/c1-4-29-18-11-10-14(12-19(18)30-5-2)15-13-24(3)22(20(15)25(27)28)16-8-6-7-9-17(16)23-21(22)26/h6-12,15,20H,4-5,13H2,1-3H3,(H,23,26)/t15-,20-,22-/m0/s1. The average Bonchev–Trinajstić information content (AvgIpc) is 3.19. The number of hydrogen-bond donors (Lipinski definition) is 1. The van der Waals surface area contributed by atoms with Gasteiger partial charge < -0.3 is 14.8 Å². The minimum Gasteiger partial charge on any atom is -0.490 e. The van der Waals surface area contributed by atoms with E-state index in [1.807, 2.05) is 36.9 Å². The number of nitrogens with zero attached hydrogens (tertiary/aromatic N) is 2. The molecule has 2 aromatic carbocycles. The lowest BCUT2D eigenvalue weighted by molar-refractivity contribution is -0.534. The Morgan fingerprint density at radius 1 is 1.17 bits per heavy atom. The SMILES string of the molecule is CCOc1ccc([C@@H]2CN(C)[C@]3(C(=O)Nc4ccccc43)[C@H]2[N+](=O)[O-])cc1OCC. The number of likely N-dealkylation sites (tertiary alicyclic amines) is 1. The molecule has 30 heavy (non-hydrogen) atoms. The molecule has 8 heteroatoms. The number of fused-ring (bicyclic) bond motifs is 2. The van der Waals surface area contributed by atoms with Crippen LogP contribution in [0.2, 0.25) is 0 Å². The summed E-state index contributed by atoms with van der Waals surface area (Å²) in [5.41, 5.74) is 0.681. The Labute approximate surface area is 174 Å². The Morgan fingerprint density at radius 3 is 2.57 bits per heavy atom. The minimum absolute atomic E-state index is 0.313. The quantitative estimate of drug-likeness (QED) is 0.580. The number of nitro groups is 1. The largest absolute Gasteiger partial charge is 0.490 e. The Hall–Kier alpha value is -3.13. The van der Waals surface area contributed by atoms with Gasteiger partial charge in [0.2, 0.25) is 0 Å². The second kappa shape index (κ2) is 7.60. The summed E-state index contributed by atoms with van der Waals surface area (Å²) in [4.78, 5) is 27.0. The summed E-state index contributed by atoms with van der Waals surface area (Å²) in [6, 6.07) is 11.5. The molecule has 2 heterocycles. The third kappa shape index (κ3) is 2.82. The number of likely N-dealkylation sites (N-methyl/N-ethyl adjacent to an activating group) is 1. The topological polar surface area (TPSA) is 93.9 Å². The third-order valence-corrected chi connectivity index (χ3v) is 6.04. The summed E-state index contributed by atoms with van der Waals surface area (Å²) in [7, 11) is 1.77. The van der Waals surface area contributed by atoms with E-state index in [0.717, 1.165) is 5.56 Å². The number of ether oxygens (including phenoxy) is 2. The predicted molar refractivity (Wildman–Crippen MR) is 112 cm³/mol. The van der Waals surface area contributed by atoms with Crippen molar-refractivity contribution in [3.8, 4) is 11.5 Å². The first-order valence-corrected chi connectivity index (χ1v) is 10.1. The molecule has 3 atom stereocenters. The highest BCUT2D eigenvalue weighted by Gasteiger charge is 2.68. The van der Waals surface area contributed by atoms with E-state index in [1.54, 1.807) is 31.3 Å². The van der Waals surface area contributed by atoms with Gasteiger partial charge in [-0.1, -0.05) is 24.3 Å². The van der Waals surface area contributed by atoms with E-state index in [-0.39, 0.29) is 10.8 Å². The van der Waals surface area contributed by atoms with Gasteiger partial charge in [-0.05, 0) is 44.7 Å². The Morgan fingerprint density at radius 2 is 1.87 bits per heavy atom. The van der Waals surface area contributed by atoms with Gasteiger partial charge in [0.05, 0.1) is 19.1 Å². The Balaban J connectivity index is 1.83. The van der Waals surface area contributed by atoms with Crippen molar-refractivity contribution < 1.29 is 19.2 Å². The van der Waals surface area contributed by atoms with Crippen LogP contribution >= 0.6 is 0 Å². The molecule has 0 aromatic heterocycles. The molecule has 8 nitrogen and oxygen atoms in total. The van der Waals surface area contributed by atoms with Crippen molar-refractivity contribution in [3.63, 3.8) is 0 Å². The van der Waals surface area contributed by atoms with E-state index < -0.39 is 17.5 Å². The van der Waals surface area contributed by atoms with Crippen LogP contribution < -0.4 is 14.8 Å². The number of benzene rings is 2. The Kier molecular flexibility index (Phi) is 5.11. The van der Waals surface area contributed by atoms with E-state index in [4.69, 9.17) is 9.47 Å². The smallest absolute Gasteiger partial charge is 0.256 e. The van der Waals surface area contributed by atoms with Gasteiger partial charge in [-0.25, -0.2) is 0 Å². The maximum Gasteiger partial charge on any atom is 0.256 e. The number of carbonyl (C=O) groups is 1. The lowest BCUT2D eigenvalue weighted by Crippen LogP contribution is -2.54. The van der Waals surface area contributed by atoms with Gasteiger partial charge in [-0.2, -0.15) is 0 Å². The molecule has 0 radical (unpaired) electrons. The van der Waals surface area contributed by atoms with Gasteiger partial charge in [0, 0.05) is 22.7 Å². The zero-order valence-electron chi connectivity index (χ0n) is 17.3. The van der Waals surface area contributed by atoms with Gasteiger partial charge in [-0.3, -0.25) is 19.8 Å². The maximum atomic E-state index is 13.2. The summed E-state index contributed by atoms with van der Waals surface area (Å²) >= 11 is 0. The molecule has 2 aromatic rings. The van der Waals surface area contributed by atoms with E-state index in [1.165, 1.54) is 0 Å². The van der Waals surface area contributed by atoms with Gasteiger partial charge in [-0.15, -0.1) is 0 Å². The maximum absolute atomic E-state index is 13.2. The van der Waals surface area contributed by atoms with Crippen LogP contribution in [0.1, 0.15) is 30.9 Å². The van der Waals surface area contributed by atoms with E-state index in [9.17, 15) is 14.9 Å². The molecule has 0 bridgehead atoms. The van der Waals surface area contributed by atoms with Crippen molar-refractivity contribution in [1.82, 2.24) is 4.90 Å². The van der Waals surface area contributed by atoms with Crippen molar-refractivity contribution in [2.24, 2.45) is 0 Å². The molecule has 0 aliphatic carbocycles. The van der Waals surface area contributed by atoms with Gasteiger partial charge in [0.15, 0.2) is 17.0 Å². The lowest BCUT2D eigenvalue weighted by atomic mass is 9.79. The van der Waals surface area contributed by atoms with Crippen molar-refractivity contribution in [2.45, 2.75) is 31.3 Å². The summed E-state index contributed by atoms with van der Waals surface area (Å²) < 4.78 is 11.3. The number of amides is 1. The molecule has 158 valence electrons. The third-order valence-electron chi connectivity index (χ3n) is 6.04. The molecule has 0 saturated carbocycles. The fourth-order valence-electron chi connectivity index (χ4n) is 4.88. The van der Waals surface area contributed by atoms with Crippen LogP contribution in [-0.4, -0.2) is 48.6 Å². The van der Waals surface area contributed by atoms with Gasteiger partial charge in [0.1, 0.15) is 0 Å². The number of nitrogens with one attached hydrogen (secondary N) is 1. The van der Waals surface area contributed by atoms with Gasteiger partial charge in [0.25, 0.3) is 11.9 Å². The van der Waals surface area contributed by atoms with Crippen LogP contribution in [0.15, 0.2) is 42.5 Å². The van der Waals surface area contributed by atoms with E-state index >= 15 is 0 Å².